The quantitative estimate of drug-likeness (QED) is 0.860. The number of rotatable bonds is 6. The Kier molecular flexibility index (Phi) is 6.32. The molecule has 1 N–H and O–H groups in total. The van der Waals surface area contributed by atoms with Crippen molar-refractivity contribution in [1.29, 1.82) is 5.26 Å². The number of carbonyl (C=O) groups is 1. The number of anilines is 1. The van der Waals surface area contributed by atoms with E-state index in [9.17, 15) is 4.79 Å². The summed E-state index contributed by atoms with van der Waals surface area (Å²) in [6.07, 6.45) is 0.377. The summed E-state index contributed by atoms with van der Waals surface area (Å²) in [7, 11) is 0. The Morgan fingerprint density at radius 2 is 1.91 bits per heavy atom. The molecule has 0 atom stereocenters. The Morgan fingerprint density at radius 3 is 2.59 bits per heavy atom. The molecule has 0 spiro atoms. The molecule has 0 heterocycles. The molecule has 22 heavy (non-hydrogen) atoms. The van der Waals surface area contributed by atoms with E-state index in [2.05, 4.69) is 11.4 Å². The largest absolute Gasteiger partial charge is 0.325 e. The van der Waals surface area contributed by atoms with Crippen LogP contribution in [0.4, 0.5) is 5.69 Å². The molecule has 2 aromatic rings. The van der Waals surface area contributed by atoms with Gasteiger partial charge in [-0.3, -0.25) is 4.79 Å². The molecule has 0 aliphatic heterocycles. The number of nitrogens with zero attached hydrogens (tertiary/aromatic N) is 1. The number of nitrogens with one attached hydrogen (secondary N) is 1. The third kappa shape index (κ3) is 5.10. The molecular formula is C17H15ClN2OS. The van der Waals surface area contributed by atoms with Crippen LogP contribution in [0.15, 0.2) is 48.5 Å². The van der Waals surface area contributed by atoms with Gasteiger partial charge >= 0.3 is 0 Å². The second-order valence-electron chi connectivity index (χ2n) is 4.66. The van der Waals surface area contributed by atoms with Gasteiger partial charge in [0, 0.05) is 16.5 Å². The second-order valence-corrected chi connectivity index (χ2v) is 6.06. The van der Waals surface area contributed by atoms with Crippen molar-refractivity contribution in [2.75, 3.05) is 11.1 Å². The molecule has 3 nitrogen and oxygen atoms in total. The average Bonchev–Trinajstić information content (AvgIpc) is 2.51. The Bertz CT molecular complexity index is 680. The molecule has 1 amide bonds. The molecule has 0 aromatic heterocycles. The van der Waals surface area contributed by atoms with Crippen molar-refractivity contribution in [3.8, 4) is 6.07 Å². The molecular weight excluding hydrogens is 316 g/mol. The lowest BCUT2D eigenvalue weighted by Crippen LogP contribution is -2.14. The Balaban J connectivity index is 1.78. The van der Waals surface area contributed by atoms with E-state index in [1.165, 1.54) is 11.8 Å². The monoisotopic (exact) mass is 330 g/mol. The Hall–Kier alpha value is -1.96. The van der Waals surface area contributed by atoms with Crippen LogP contribution in [0.5, 0.6) is 0 Å². The lowest BCUT2D eigenvalue weighted by molar-refractivity contribution is -0.113. The van der Waals surface area contributed by atoms with Crippen molar-refractivity contribution < 1.29 is 4.79 Å². The molecule has 2 rings (SSSR count). The summed E-state index contributed by atoms with van der Waals surface area (Å²) in [4.78, 5) is 11.9. The first-order valence-electron chi connectivity index (χ1n) is 6.76. The number of amides is 1. The second kappa shape index (κ2) is 8.47. The van der Waals surface area contributed by atoms with Crippen molar-refractivity contribution >= 4 is 35.0 Å². The molecule has 0 fully saturated rings. The fourth-order valence-corrected chi connectivity index (χ4v) is 2.98. The minimum absolute atomic E-state index is 0.0508. The number of nitriles is 1. The molecule has 0 radical (unpaired) electrons. The van der Waals surface area contributed by atoms with E-state index in [0.717, 1.165) is 21.8 Å². The van der Waals surface area contributed by atoms with E-state index >= 15 is 0 Å². The highest BCUT2D eigenvalue weighted by molar-refractivity contribution is 7.99. The smallest absolute Gasteiger partial charge is 0.234 e. The van der Waals surface area contributed by atoms with Crippen molar-refractivity contribution in [2.24, 2.45) is 0 Å². The summed E-state index contributed by atoms with van der Waals surface area (Å²) in [5.74, 6) is 1.02. The normalized spacial score (nSPS) is 10.0. The molecule has 112 valence electrons. The van der Waals surface area contributed by atoms with E-state index in [1.807, 2.05) is 48.5 Å². The van der Waals surface area contributed by atoms with Crippen LogP contribution in [-0.2, 0) is 17.0 Å². The summed E-state index contributed by atoms with van der Waals surface area (Å²) in [6, 6.07) is 17.0. The van der Waals surface area contributed by atoms with Crippen LogP contribution in [0.1, 0.15) is 11.1 Å². The SMILES string of the molecule is N#CCc1ccc(NC(=O)CSCc2ccccc2Cl)cc1. The van der Waals surface area contributed by atoms with Crippen molar-refractivity contribution in [3.05, 3.63) is 64.7 Å². The van der Waals surface area contributed by atoms with Crippen molar-refractivity contribution in [2.45, 2.75) is 12.2 Å². The predicted octanol–water partition coefficient (Wildman–Crippen LogP) is 4.28. The maximum atomic E-state index is 11.9. The van der Waals surface area contributed by atoms with Gasteiger partial charge in [0.25, 0.3) is 0 Å². The zero-order chi connectivity index (χ0) is 15.8. The third-order valence-electron chi connectivity index (χ3n) is 2.97. The van der Waals surface area contributed by atoms with Gasteiger partial charge in [-0.2, -0.15) is 5.26 Å². The van der Waals surface area contributed by atoms with Crippen LogP contribution in [0, 0.1) is 11.3 Å². The highest BCUT2D eigenvalue weighted by atomic mass is 35.5. The van der Waals surface area contributed by atoms with Crippen LogP contribution >= 0.6 is 23.4 Å². The van der Waals surface area contributed by atoms with Gasteiger partial charge in [0.2, 0.25) is 5.91 Å². The Labute approximate surface area is 139 Å². The van der Waals surface area contributed by atoms with E-state index < -0.39 is 0 Å². The van der Waals surface area contributed by atoms with Crippen LogP contribution in [0.3, 0.4) is 0 Å². The first kappa shape index (κ1) is 16.4. The van der Waals surface area contributed by atoms with Crippen LogP contribution in [0.25, 0.3) is 0 Å². The van der Waals surface area contributed by atoms with Gasteiger partial charge < -0.3 is 5.32 Å². The van der Waals surface area contributed by atoms with Crippen LogP contribution in [-0.4, -0.2) is 11.7 Å². The minimum Gasteiger partial charge on any atom is -0.325 e. The maximum absolute atomic E-state index is 11.9. The van der Waals surface area contributed by atoms with E-state index in [0.29, 0.717) is 17.9 Å². The zero-order valence-electron chi connectivity index (χ0n) is 11.9. The van der Waals surface area contributed by atoms with Gasteiger partial charge in [0.05, 0.1) is 18.2 Å². The summed E-state index contributed by atoms with van der Waals surface area (Å²) < 4.78 is 0. The molecule has 0 bridgehead atoms. The molecule has 5 heteroatoms. The summed E-state index contributed by atoms with van der Waals surface area (Å²) in [6.45, 7) is 0. The molecule has 0 aliphatic rings. The number of halogens is 1. The lowest BCUT2D eigenvalue weighted by Gasteiger charge is -2.06. The molecule has 2 aromatic carbocycles. The highest BCUT2D eigenvalue weighted by Crippen LogP contribution is 2.20. The van der Waals surface area contributed by atoms with Gasteiger partial charge in [0.15, 0.2) is 0 Å². The van der Waals surface area contributed by atoms with Gasteiger partial charge in [-0.15, -0.1) is 11.8 Å². The number of carbonyl (C=O) groups excluding carboxylic acids is 1. The molecule has 0 saturated carbocycles. The number of benzene rings is 2. The molecule has 0 aliphatic carbocycles. The van der Waals surface area contributed by atoms with Crippen LogP contribution in [0.2, 0.25) is 5.02 Å². The van der Waals surface area contributed by atoms with Gasteiger partial charge in [0.1, 0.15) is 0 Å². The van der Waals surface area contributed by atoms with Gasteiger partial charge in [-0.1, -0.05) is 41.9 Å². The maximum Gasteiger partial charge on any atom is 0.234 e. The third-order valence-corrected chi connectivity index (χ3v) is 4.32. The number of thioether (sulfide) groups is 1. The van der Waals surface area contributed by atoms with E-state index in [4.69, 9.17) is 16.9 Å². The summed E-state index contributed by atoms with van der Waals surface area (Å²) in [5, 5.41) is 12.2. The summed E-state index contributed by atoms with van der Waals surface area (Å²) in [5.41, 5.74) is 2.71. The van der Waals surface area contributed by atoms with Crippen molar-refractivity contribution in [3.63, 3.8) is 0 Å². The van der Waals surface area contributed by atoms with Gasteiger partial charge in [-0.05, 0) is 29.3 Å². The first-order chi connectivity index (χ1) is 10.7. The van der Waals surface area contributed by atoms with E-state index in [1.54, 1.807) is 0 Å². The minimum atomic E-state index is -0.0508. The van der Waals surface area contributed by atoms with Crippen LogP contribution < -0.4 is 5.32 Å². The highest BCUT2D eigenvalue weighted by Gasteiger charge is 2.05. The van der Waals surface area contributed by atoms with Crippen molar-refractivity contribution in [1.82, 2.24) is 0 Å². The zero-order valence-corrected chi connectivity index (χ0v) is 13.5. The van der Waals surface area contributed by atoms with E-state index in [-0.39, 0.29) is 5.91 Å². The lowest BCUT2D eigenvalue weighted by atomic mass is 10.1. The number of hydrogen-bond donors (Lipinski definition) is 1. The molecule has 0 saturated heterocycles. The summed E-state index contributed by atoms with van der Waals surface area (Å²) >= 11 is 7.59. The fraction of sp³-hybridized carbons (Fsp3) is 0.176. The standard InChI is InChI=1S/C17H15ClN2OS/c18-16-4-2-1-3-14(16)11-22-12-17(21)20-15-7-5-13(6-8-15)9-10-19/h1-8H,9,11-12H2,(H,20,21). The first-order valence-corrected chi connectivity index (χ1v) is 8.29. The topological polar surface area (TPSA) is 52.9 Å². The Morgan fingerprint density at radius 1 is 1.18 bits per heavy atom. The molecule has 0 unspecified atom stereocenters. The average molecular weight is 331 g/mol. The predicted molar refractivity (Wildman–Crippen MR) is 92.0 cm³/mol. The van der Waals surface area contributed by atoms with Gasteiger partial charge in [-0.25, -0.2) is 0 Å². The fourth-order valence-electron chi connectivity index (χ4n) is 1.86. The number of hydrogen-bond acceptors (Lipinski definition) is 3.